The van der Waals surface area contributed by atoms with Gasteiger partial charge in [0, 0.05) is 6.20 Å². The number of carbonyl (C=O) groups excluding carboxylic acids is 3. The van der Waals surface area contributed by atoms with Crippen LogP contribution in [-0.2, 0) is 20.5 Å². The van der Waals surface area contributed by atoms with Crippen LogP contribution in [0.1, 0.15) is 15.2 Å². The summed E-state index contributed by atoms with van der Waals surface area (Å²) >= 11 is 6.83. The third kappa shape index (κ3) is 6.22. The van der Waals surface area contributed by atoms with Crippen molar-refractivity contribution in [2.24, 2.45) is 0 Å². The first kappa shape index (κ1) is 20.6. The van der Waals surface area contributed by atoms with Gasteiger partial charge in [0.1, 0.15) is 6.54 Å². The molecule has 0 atom stereocenters. The maximum absolute atomic E-state index is 12.5. The first-order valence-electron chi connectivity index (χ1n) is 7.16. The summed E-state index contributed by atoms with van der Waals surface area (Å²) in [5.74, 6) is -2.51. The number of pyridine rings is 1. The highest BCUT2D eigenvalue weighted by molar-refractivity contribution is 7.12. The quantitative estimate of drug-likeness (QED) is 0.699. The summed E-state index contributed by atoms with van der Waals surface area (Å²) in [6.07, 6.45) is -4.12. The number of halogens is 4. The minimum Gasteiger partial charge on any atom is -0.454 e. The number of carbonyl (C=O) groups is 3. The van der Waals surface area contributed by atoms with Crippen LogP contribution in [0.4, 0.5) is 19.0 Å². The predicted molar refractivity (Wildman–Crippen MR) is 90.5 cm³/mol. The van der Waals surface area contributed by atoms with Gasteiger partial charge in [0.05, 0.1) is 15.5 Å². The molecule has 2 heterocycles. The van der Waals surface area contributed by atoms with E-state index >= 15 is 0 Å². The number of hydrogen-bond acceptors (Lipinski definition) is 6. The van der Waals surface area contributed by atoms with Crippen LogP contribution < -0.4 is 10.6 Å². The van der Waals surface area contributed by atoms with E-state index < -0.39 is 47.7 Å². The van der Waals surface area contributed by atoms with E-state index in [1.165, 1.54) is 11.3 Å². The van der Waals surface area contributed by atoms with Gasteiger partial charge in [-0.15, -0.1) is 11.3 Å². The van der Waals surface area contributed by atoms with Crippen molar-refractivity contribution in [1.29, 1.82) is 0 Å². The summed E-state index contributed by atoms with van der Waals surface area (Å²) in [6, 6.07) is 3.85. The average Bonchev–Trinajstić information content (AvgIpc) is 3.13. The Morgan fingerprint density at radius 1 is 1.30 bits per heavy atom. The second-order valence-electron chi connectivity index (χ2n) is 4.92. The smallest absolute Gasteiger partial charge is 0.417 e. The van der Waals surface area contributed by atoms with Crippen molar-refractivity contribution in [1.82, 2.24) is 10.3 Å². The molecule has 2 N–H and O–H groups in total. The molecule has 0 unspecified atom stereocenters. The Hall–Kier alpha value is -2.66. The number of rotatable bonds is 6. The normalized spacial score (nSPS) is 11.0. The van der Waals surface area contributed by atoms with Crippen molar-refractivity contribution in [2.75, 3.05) is 18.5 Å². The molecule has 2 aromatic heterocycles. The molecule has 7 nitrogen and oxygen atoms in total. The van der Waals surface area contributed by atoms with Crippen LogP contribution in [0.3, 0.4) is 0 Å². The number of hydrogen-bond donors (Lipinski definition) is 2. The lowest BCUT2D eigenvalue weighted by molar-refractivity contribution is -0.146. The van der Waals surface area contributed by atoms with E-state index in [4.69, 9.17) is 11.6 Å². The summed E-state index contributed by atoms with van der Waals surface area (Å²) < 4.78 is 42.2. The second kappa shape index (κ2) is 8.82. The summed E-state index contributed by atoms with van der Waals surface area (Å²) in [6.45, 7) is -1.18. The standard InChI is InChI=1S/C15H11ClF3N3O4S/c16-9-4-8(15(17,18)19)5-20-13(9)22-11(23)7-26-12(24)6-21-14(25)10-2-1-3-27-10/h1-5H,6-7H2,(H,21,25)(H,20,22,23). The summed E-state index contributed by atoms with van der Waals surface area (Å²) in [5, 5.41) is 5.70. The Morgan fingerprint density at radius 3 is 2.63 bits per heavy atom. The fourth-order valence-electron chi connectivity index (χ4n) is 1.70. The fourth-order valence-corrected chi connectivity index (χ4v) is 2.55. The number of aromatic nitrogens is 1. The summed E-state index contributed by atoms with van der Waals surface area (Å²) in [5.41, 5.74) is -1.07. The van der Waals surface area contributed by atoms with Gasteiger partial charge in [-0.1, -0.05) is 17.7 Å². The third-order valence-corrected chi connectivity index (χ3v) is 4.09. The molecule has 12 heteroatoms. The van der Waals surface area contributed by atoms with Crippen molar-refractivity contribution in [2.45, 2.75) is 6.18 Å². The summed E-state index contributed by atoms with van der Waals surface area (Å²) in [7, 11) is 0. The van der Waals surface area contributed by atoms with Crippen LogP contribution in [0.25, 0.3) is 0 Å². The molecular formula is C15H11ClF3N3O4S. The van der Waals surface area contributed by atoms with E-state index in [9.17, 15) is 27.6 Å². The number of amides is 2. The van der Waals surface area contributed by atoms with Gasteiger partial charge < -0.3 is 15.4 Å². The highest BCUT2D eigenvalue weighted by atomic mass is 35.5. The number of alkyl halides is 3. The Bertz CT molecular complexity index is 843. The maximum atomic E-state index is 12.5. The van der Waals surface area contributed by atoms with Crippen LogP contribution in [0.5, 0.6) is 0 Å². The molecule has 144 valence electrons. The predicted octanol–water partition coefficient (Wildman–Crippen LogP) is 2.73. The average molecular weight is 422 g/mol. The van der Waals surface area contributed by atoms with E-state index in [-0.39, 0.29) is 5.82 Å². The number of anilines is 1. The Labute approximate surface area is 159 Å². The van der Waals surface area contributed by atoms with E-state index in [1.807, 2.05) is 0 Å². The lowest BCUT2D eigenvalue weighted by atomic mass is 10.3. The zero-order chi connectivity index (χ0) is 20.0. The molecule has 27 heavy (non-hydrogen) atoms. The first-order chi connectivity index (χ1) is 12.7. The minimum absolute atomic E-state index is 0.309. The molecule has 2 aromatic rings. The molecular weight excluding hydrogens is 411 g/mol. The second-order valence-corrected chi connectivity index (χ2v) is 6.28. The molecule has 0 aliphatic rings. The van der Waals surface area contributed by atoms with E-state index in [1.54, 1.807) is 17.5 Å². The maximum Gasteiger partial charge on any atom is 0.417 e. The van der Waals surface area contributed by atoms with Crippen molar-refractivity contribution < 1.29 is 32.3 Å². The minimum atomic E-state index is -4.62. The van der Waals surface area contributed by atoms with E-state index in [0.717, 1.165) is 0 Å². The van der Waals surface area contributed by atoms with Gasteiger partial charge in [-0.3, -0.25) is 14.4 Å². The molecule has 0 saturated heterocycles. The van der Waals surface area contributed by atoms with Crippen LogP contribution in [-0.4, -0.2) is 35.9 Å². The van der Waals surface area contributed by atoms with Crippen molar-refractivity contribution in [3.05, 3.63) is 45.2 Å². The fraction of sp³-hybridized carbons (Fsp3) is 0.200. The monoisotopic (exact) mass is 421 g/mol. The van der Waals surface area contributed by atoms with Gasteiger partial charge >= 0.3 is 12.1 Å². The van der Waals surface area contributed by atoms with Crippen LogP contribution >= 0.6 is 22.9 Å². The van der Waals surface area contributed by atoms with Crippen LogP contribution in [0, 0.1) is 0 Å². The first-order valence-corrected chi connectivity index (χ1v) is 8.42. The third-order valence-electron chi connectivity index (χ3n) is 2.93. The van der Waals surface area contributed by atoms with Gasteiger partial charge in [0.15, 0.2) is 12.4 Å². The molecule has 0 aliphatic carbocycles. The lowest BCUT2D eigenvalue weighted by Gasteiger charge is -2.10. The summed E-state index contributed by atoms with van der Waals surface area (Å²) in [4.78, 5) is 38.7. The van der Waals surface area contributed by atoms with Crippen molar-refractivity contribution >= 4 is 46.5 Å². The van der Waals surface area contributed by atoms with Gasteiger partial charge in [-0.2, -0.15) is 13.2 Å². The van der Waals surface area contributed by atoms with Gasteiger partial charge in [-0.05, 0) is 17.5 Å². The molecule has 2 amide bonds. The number of thiophene rings is 1. The molecule has 2 rings (SSSR count). The molecule has 0 saturated carbocycles. The topological polar surface area (TPSA) is 97.4 Å². The molecule has 0 spiro atoms. The Morgan fingerprint density at radius 2 is 2.04 bits per heavy atom. The number of esters is 1. The van der Waals surface area contributed by atoms with Crippen molar-refractivity contribution in [3.63, 3.8) is 0 Å². The van der Waals surface area contributed by atoms with Gasteiger partial charge in [-0.25, -0.2) is 4.98 Å². The van der Waals surface area contributed by atoms with Crippen molar-refractivity contribution in [3.8, 4) is 0 Å². The molecule has 0 aliphatic heterocycles. The molecule has 0 radical (unpaired) electrons. The van der Waals surface area contributed by atoms with Crippen LogP contribution in [0.2, 0.25) is 5.02 Å². The van der Waals surface area contributed by atoms with Crippen LogP contribution in [0.15, 0.2) is 29.8 Å². The lowest BCUT2D eigenvalue weighted by Crippen LogP contribution is -2.32. The zero-order valence-electron chi connectivity index (χ0n) is 13.3. The number of nitrogens with zero attached hydrogens (tertiary/aromatic N) is 1. The highest BCUT2D eigenvalue weighted by Gasteiger charge is 2.31. The largest absolute Gasteiger partial charge is 0.454 e. The van der Waals surface area contributed by atoms with E-state index in [0.29, 0.717) is 17.1 Å². The SMILES string of the molecule is O=C(COC(=O)CNC(=O)c1cccs1)Nc1ncc(C(F)(F)F)cc1Cl. The molecule has 0 fully saturated rings. The molecule has 0 bridgehead atoms. The Kier molecular flexibility index (Phi) is 6.75. The number of ether oxygens (including phenoxy) is 1. The Balaban J connectivity index is 1.79. The van der Waals surface area contributed by atoms with E-state index in [2.05, 4.69) is 20.4 Å². The zero-order valence-corrected chi connectivity index (χ0v) is 14.9. The molecule has 0 aromatic carbocycles. The van der Waals surface area contributed by atoms with Gasteiger partial charge in [0.2, 0.25) is 0 Å². The number of nitrogens with one attached hydrogen (secondary N) is 2. The van der Waals surface area contributed by atoms with Gasteiger partial charge in [0.25, 0.3) is 11.8 Å². The highest BCUT2D eigenvalue weighted by Crippen LogP contribution is 2.32.